The topological polar surface area (TPSA) is 120 Å². The normalized spacial score (nSPS) is 16.0. The fourth-order valence-electron chi connectivity index (χ4n) is 3.79. The second kappa shape index (κ2) is 8.51. The number of aryl methyl sites for hydroxylation is 1. The minimum absolute atomic E-state index is 0.205. The van der Waals surface area contributed by atoms with Gasteiger partial charge in [-0.05, 0) is 30.7 Å². The lowest BCUT2D eigenvalue weighted by molar-refractivity contribution is 0.0693. The summed E-state index contributed by atoms with van der Waals surface area (Å²) in [4.78, 5) is 25.4. The van der Waals surface area contributed by atoms with Crippen molar-refractivity contribution in [2.24, 2.45) is 5.10 Å². The lowest BCUT2D eigenvalue weighted by Gasteiger charge is -2.22. The predicted octanol–water partition coefficient (Wildman–Crippen LogP) is 2.82. The number of hydrazone groups is 1. The maximum atomic E-state index is 13.8. The first-order chi connectivity index (χ1) is 16.0. The highest BCUT2D eigenvalue weighted by Crippen LogP contribution is 2.35. The summed E-state index contributed by atoms with van der Waals surface area (Å²) in [5, 5.41) is 25.4. The van der Waals surface area contributed by atoms with Crippen LogP contribution in [-0.4, -0.2) is 45.3 Å². The molecule has 2 amide bonds. The molecule has 0 bridgehead atoms. The SMILES string of the molecule is Cc1cnn2c1-c1nc(NCCNC(=O)N3N=CC[C@H]3c3cc(F)cc(C#N)c3)sc1CO2. The Morgan fingerprint density at radius 1 is 1.39 bits per heavy atom. The van der Waals surface area contributed by atoms with Gasteiger partial charge in [-0.2, -0.15) is 10.4 Å². The number of nitrogens with one attached hydrogen (secondary N) is 2. The van der Waals surface area contributed by atoms with Gasteiger partial charge in [-0.25, -0.2) is 19.2 Å². The minimum Gasteiger partial charge on any atom is -0.390 e. The standard InChI is InChI=1S/C21H19FN8O2S/c1-12-10-27-30-19(12)18-17(11-32-30)33-20(28-18)24-4-5-25-21(31)29-16(2-3-26-29)14-6-13(9-23)7-15(22)8-14/h3,6-8,10,16H,2,4-5,11H2,1H3,(H,24,28)(H,25,31)/t16-/m0/s1. The zero-order chi connectivity index (χ0) is 22.9. The maximum absolute atomic E-state index is 13.8. The number of hydrogen-bond donors (Lipinski definition) is 2. The van der Waals surface area contributed by atoms with Gasteiger partial charge in [0.25, 0.3) is 0 Å². The summed E-state index contributed by atoms with van der Waals surface area (Å²) in [6.07, 6.45) is 3.79. The largest absolute Gasteiger partial charge is 0.390 e. The van der Waals surface area contributed by atoms with Gasteiger partial charge in [0.2, 0.25) is 0 Å². The second-order valence-electron chi connectivity index (χ2n) is 7.55. The average Bonchev–Trinajstić information content (AvgIpc) is 3.54. The Morgan fingerprint density at radius 3 is 3.12 bits per heavy atom. The first kappa shape index (κ1) is 20.9. The van der Waals surface area contributed by atoms with Crippen LogP contribution < -0.4 is 15.5 Å². The van der Waals surface area contributed by atoms with E-state index in [1.54, 1.807) is 18.5 Å². The molecule has 0 spiro atoms. The van der Waals surface area contributed by atoms with Crippen molar-refractivity contribution in [2.75, 3.05) is 18.4 Å². The molecule has 5 rings (SSSR count). The highest BCUT2D eigenvalue weighted by Gasteiger charge is 2.29. The van der Waals surface area contributed by atoms with Gasteiger partial charge >= 0.3 is 6.03 Å². The third-order valence-electron chi connectivity index (χ3n) is 5.31. The van der Waals surface area contributed by atoms with Gasteiger partial charge in [-0.15, -0.1) is 5.10 Å². The number of carbonyl (C=O) groups excluding carboxylic acids is 1. The van der Waals surface area contributed by atoms with Crippen LogP contribution in [0.5, 0.6) is 0 Å². The van der Waals surface area contributed by atoms with Gasteiger partial charge in [0, 0.05) is 31.3 Å². The molecule has 2 aliphatic heterocycles. The van der Waals surface area contributed by atoms with Crippen molar-refractivity contribution in [3.8, 4) is 17.5 Å². The molecule has 10 nitrogen and oxygen atoms in total. The van der Waals surface area contributed by atoms with Crippen molar-refractivity contribution in [3.63, 3.8) is 0 Å². The molecule has 2 aromatic heterocycles. The number of carbonyl (C=O) groups is 1. The molecule has 2 N–H and O–H groups in total. The minimum atomic E-state index is -0.518. The van der Waals surface area contributed by atoms with E-state index in [1.165, 1.54) is 27.3 Å². The van der Waals surface area contributed by atoms with Crippen LogP contribution in [-0.2, 0) is 6.61 Å². The number of halogens is 1. The van der Waals surface area contributed by atoms with E-state index in [2.05, 4.69) is 25.8 Å². The number of hydrogen-bond acceptors (Lipinski definition) is 8. The van der Waals surface area contributed by atoms with Crippen LogP contribution in [0, 0.1) is 24.1 Å². The van der Waals surface area contributed by atoms with E-state index in [0.717, 1.165) is 33.0 Å². The highest BCUT2D eigenvalue weighted by atomic mass is 32.1. The molecule has 0 saturated heterocycles. The van der Waals surface area contributed by atoms with E-state index in [0.29, 0.717) is 31.7 Å². The Kier molecular flexibility index (Phi) is 5.39. The highest BCUT2D eigenvalue weighted by molar-refractivity contribution is 7.16. The van der Waals surface area contributed by atoms with Crippen LogP contribution in [0.3, 0.4) is 0 Å². The summed E-state index contributed by atoms with van der Waals surface area (Å²) in [5.41, 5.74) is 3.43. The number of thiazole rings is 1. The maximum Gasteiger partial charge on any atom is 0.338 e. The number of fused-ring (bicyclic) bond motifs is 3. The summed E-state index contributed by atoms with van der Waals surface area (Å²) in [5.74, 6) is -0.518. The molecule has 33 heavy (non-hydrogen) atoms. The van der Waals surface area contributed by atoms with Crippen molar-refractivity contribution in [2.45, 2.75) is 26.0 Å². The summed E-state index contributed by atoms with van der Waals surface area (Å²) < 4.78 is 13.8. The van der Waals surface area contributed by atoms with Gasteiger partial charge in [0.05, 0.1) is 28.7 Å². The molecule has 0 unspecified atom stereocenters. The van der Waals surface area contributed by atoms with Crippen LogP contribution in [0.2, 0.25) is 0 Å². The van der Waals surface area contributed by atoms with Crippen molar-refractivity contribution < 1.29 is 14.0 Å². The van der Waals surface area contributed by atoms with Crippen molar-refractivity contribution in [3.05, 3.63) is 51.8 Å². The van der Waals surface area contributed by atoms with E-state index < -0.39 is 17.9 Å². The fourth-order valence-corrected chi connectivity index (χ4v) is 4.68. The van der Waals surface area contributed by atoms with E-state index >= 15 is 0 Å². The molecule has 0 fully saturated rings. The molecule has 1 aromatic carbocycles. The summed E-state index contributed by atoms with van der Waals surface area (Å²) in [6, 6.07) is 5.13. The Hall–Kier alpha value is -3.98. The van der Waals surface area contributed by atoms with Crippen molar-refractivity contribution in [1.82, 2.24) is 25.3 Å². The Morgan fingerprint density at radius 2 is 2.27 bits per heavy atom. The molecule has 12 heteroatoms. The first-order valence-corrected chi connectivity index (χ1v) is 11.1. The molecule has 168 valence electrons. The molecule has 3 aromatic rings. The number of anilines is 1. The van der Waals surface area contributed by atoms with Gasteiger partial charge in [0.15, 0.2) is 11.7 Å². The van der Waals surface area contributed by atoms with Crippen LogP contribution in [0.25, 0.3) is 11.4 Å². The molecule has 2 aliphatic rings. The number of nitrogens with zero attached hydrogens (tertiary/aromatic N) is 6. The number of rotatable bonds is 5. The van der Waals surface area contributed by atoms with E-state index in [-0.39, 0.29) is 5.56 Å². The zero-order valence-electron chi connectivity index (χ0n) is 17.6. The first-order valence-electron chi connectivity index (χ1n) is 10.3. The predicted molar refractivity (Wildman–Crippen MR) is 119 cm³/mol. The van der Waals surface area contributed by atoms with Gasteiger partial charge in [0.1, 0.15) is 17.2 Å². The van der Waals surface area contributed by atoms with E-state index in [1.807, 2.05) is 13.0 Å². The quantitative estimate of drug-likeness (QED) is 0.558. The number of aromatic nitrogens is 3. The number of amides is 2. The molecule has 1 atom stereocenters. The summed E-state index contributed by atoms with van der Waals surface area (Å²) in [7, 11) is 0. The van der Waals surface area contributed by atoms with E-state index in [9.17, 15) is 9.18 Å². The third kappa shape index (κ3) is 3.98. The van der Waals surface area contributed by atoms with E-state index in [4.69, 9.17) is 10.1 Å². The Balaban J connectivity index is 1.18. The van der Waals surface area contributed by atoms with Crippen LogP contribution >= 0.6 is 11.3 Å². The van der Waals surface area contributed by atoms with Gasteiger partial charge < -0.3 is 15.5 Å². The van der Waals surface area contributed by atoms with Crippen LogP contribution in [0.4, 0.5) is 14.3 Å². The molecule has 0 aliphatic carbocycles. The molecular formula is C21H19FN8O2S. The van der Waals surface area contributed by atoms with Gasteiger partial charge in [-0.3, -0.25) is 0 Å². The molecule has 4 heterocycles. The number of nitriles is 1. The molecule has 0 radical (unpaired) electrons. The summed E-state index contributed by atoms with van der Waals surface area (Å²) >= 11 is 1.50. The molecule has 0 saturated carbocycles. The Labute approximate surface area is 192 Å². The van der Waals surface area contributed by atoms with Crippen LogP contribution in [0.15, 0.2) is 29.5 Å². The van der Waals surface area contributed by atoms with Crippen LogP contribution in [0.1, 0.15) is 34.0 Å². The lowest BCUT2D eigenvalue weighted by Crippen LogP contribution is -2.39. The second-order valence-corrected chi connectivity index (χ2v) is 8.63. The Bertz CT molecular complexity index is 1290. The van der Waals surface area contributed by atoms with Crippen molar-refractivity contribution in [1.29, 1.82) is 5.26 Å². The summed E-state index contributed by atoms with van der Waals surface area (Å²) in [6.45, 7) is 3.15. The molecular weight excluding hydrogens is 447 g/mol. The monoisotopic (exact) mass is 466 g/mol. The average molecular weight is 467 g/mol. The third-order valence-corrected chi connectivity index (χ3v) is 6.30. The zero-order valence-corrected chi connectivity index (χ0v) is 18.4. The van der Waals surface area contributed by atoms with Crippen molar-refractivity contribution >= 4 is 28.7 Å². The fraction of sp³-hybridized carbons (Fsp3) is 0.286. The van der Waals surface area contributed by atoms with Gasteiger partial charge in [-0.1, -0.05) is 16.2 Å². The number of urea groups is 1. The number of benzene rings is 1. The smallest absolute Gasteiger partial charge is 0.338 e. The lowest BCUT2D eigenvalue weighted by atomic mass is 10.0.